The molecule has 0 N–H and O–H groups in total. The number of unbranched alkanes of at least 4 members (excludes halogenated alkanes) is 8. The molecule has 0 aliphatic heterocycles. The van der Waals surface area contributed by atoms with Crippen molar-refractivity contribution in [2.24, 2.45) is 5.41 Å². The van der Waals surface area contributed by atoms with Crippen LogP contribution in [0.5, 0.6) is 0 Å². The number of hydrogen-bond donors (Lipinski definition) is 0. The molecule has 0 amide bonds. The van der Waals surface area contributed by atoms with Crippen molar-refractivity contribution in [3.8, 4) is 0 Å². The van der Waals surface area contributed by atoms with Gasteiger partial charge in [0.25, 0.3) is 0 Å². The first kappa shape index (κ1) is 26.1. The summed E-state index contributed by atoms with van der Waals surface area (Å²) in [6.07, 6.45) is 15.3. The lowest BCUT2D eigenvalue weighted by atomic mass is 9.93. The van der Waals surface area contributed by atoms with Gasteiger partial charge in [-0.2, -0.15) is 0 Å². The molecule has 2 unspecified atom stereocenters. The zero-order valence-corrected chi connectivity index (χ0v) is 19.5. The summed E-state index contributed by atoms with van der Waals surface area (Å²) in [5.74, 6) is 0. The van der Waals surface area contributed by atoms with Crippen molar-refractivity contribution in [1.29, 1.82) is 0 Å². The van der Waals surface area contributed by atoms with Crippen molar-refractivity contribution in [3.05, 3.63) is 0 Å². The van der Waals surface area contributed by atoms with Crippen molar-refractivity contribution in [2.45, 2.75) is 125 Å². The Morgan fingerprint density at radius 3 is 1.85 bits per heavy atom. The zero-order chi connectivity index (χ0) is 19.9. The minimum absolute atomic E-state index is 0.0694. The average molecular weight is 391 g/mol. The average Bonchev–Trinajstić information content (AvgIpc) is 2.58. The maximum atomic E-state index is 12.9. The van der Waals surface area contributed by atoms with E-state index in [2.05, 4.69) is 34.6 Å². The number of rotatable bonds is 17. The molecule has 158 valence electrons. The summed E-state index contributed by atoms with van der Waals surface area (Å²) in [7, 11) is -2.94. The molecule has 0 aromatic carbocycles. The lowest BCUT2D eigenvalue weighted by Gasteiger charge is -2.25. The molecule has 0 saturated heterocycles. The molecule has 4 heteroatoms. The van der Waals surface area contributed by atoms with E-state index in [0.717, 1.165) is 19.3 Å². The first-order valence-electron chi connectivity index (χ1n) is 11.2. The molecule has 0 saturated carbocycles. The van der Waals surface area contributed by atoms with Gasteiger partial charge in [0.05, 0.1) is 12.7 Å². The molecule has 0 aromatic rings. The van der Waals surface area contributed by atoms with Gasteiger partial charge in [-0.1, -0.05) is 99.3 Å². The van der Waals surface area contributed by atoms with Crippen LogP contribution in [0, 0.1) is 5.41 Å². The second kappa shape index (κ2) is 15.1. The predicted molar refractivity (Wildman–Crippen MR) is 115 cm³/mol. The maximum absolute atomic E-state index is 12.9. The van der Waals surface area contributed by atoms with Gasteiger partial charge in [0.2, 0.25) is 0 Å². The smallest absolute Gasteiger partial charge is 0.309 e. The van der Waals surface area contributed by atoms with E-state index >= 15 is 0 Å². The summed E-state index contributed by atoms with van der Waals surface area (Å²) >= 11 is 0. The summed E-state index contributed by atoms with van der Waals surface area (Å²) in [4.78, 5) is 0. The Balaban J connectivity index is 3.97. The highest BCUT2D eigenvalue weighted by Gasteiger charge is 2.26. The van der Waals surface area contributed by atoms with Crippen LogP contribution in [0.3, 0.4) is 0 Å². The highest BCUT2D eigenvalue weighted by Crippen LogP contribution is 2.50. The van der Waals surface area contributed by atoms with Gasteiger partial charge in [-0.15, -0.1) is 0 Å². The van der Waals surface area contributed by atoms with Crippen molar-refractivity contribution in [2.75, 3.05) is 12.8 Å². The molecular formula is C22H47O3P. The highest BCUT2D eigenvalue weighted by molar-refractivity contribution is 7.53. The molecule has 26 heavy (non-hydrogen) atoms. The van der Waals surface area contributed by atoms with Crippen LogP contribution < -0.4 is 0 Å². The second-order valence-corrected chi connectivity index (χ2v) is 11.1. The third kappa shape index (κ3) is 15.2. The molecule has 0 bridgehead atoms. The molecule has 0 aromatic heterocycles. The van der Waals surface area contributed by atoms with Gasteiger partial charge in [0.15, 0.2) is 0 Å². The van der Waals surface area contributed by atoms with Gasteiger partial charge in [0.1, 0.15) is 0 Å². The van der Waals surface area contributed by atoms with E-state index in [-0.39, 0.29) is 11.5 Å². The minimum atomic E-state index is -2.94. The van der Waals surface area contributed by atoms with E-state index in [1.54, 1.807) is 0 Å². The van der Waals surface area contributed by atoms with Gasteiger partial charge in [-0.3, -0.25) is 4.57 Å². The van der Waals surface area contributed by atoms with E-state index in [1.165, 1.54) is 57.8 Å². The van der Waals surface area contributed by atoms with Crippen LogP contribution in [0.4, 0.5) is 0 Å². The van der Waals surface area contributed by atoms with E-state index < -0.39 is 7.60 Å². The molecular weight excluding hydrogens is 343 g/mol. The maximum Gasteiger partial charge on any atom is 0.330 e. The topological polar surface area (TPSA) is 35.5 Å². The Bertz CT molecular complexity index is 363. The van der Waals surface area contributed by atoms with Crippen molar-refractivity contribution >= 4 is 7.60 Å². The Morgan fingerprint density at radius 1 is 0.846 bits per heavy atom. The molecule has 3 nitrogen and oxygen atoms in total. The first-order chi connectivity index (χ1) is 12.3. The summed E-state index contributed by atoms with van der Waals surface area (Å²) in [5, 5.41) is 0. The van der Waals surface area contributed by atoms with Crippen LogP contribution >= 0.6 is 7.60 Å². The normalized spacial score (nSPS) is 15.8. The largest absolute Gasteiger partial charge is 0.330 e. The van der Waals surface area contributed by atoms with Crippen LogP contribution in [0.15, 0.2) is 0 Å². The minimum Gasteiger partial charge on any atom is -0.309 e. The summed E-state index contributed by atoms with van der Waals surface area (Å²) < 4.78 is 24.5. The van der Waals surface area contributed by atoms with E-state index in [4.69, 9.17) is 9.05 Å². The fourth-order valence-corrected chi connectivity index (χ4v) is 4.40. The third-order valence-electron chi connectivity index (χ3n) is 4.92. The van der Waals surface area contributed by atoms with Gasteiger partial charge >= 0.3 is 7.60 Å². The van der Waals surface area contributed by atoms with Crippen molar-refractivity contribution in [1.82, 2.24) is 0 Å². The van der Waals surface area contributed by atoms with Crippen LogP contribution in [0.1, 0.15) is 119 Å². The summed E-state index contributed by atoms with van der Waals surface area (Å²) in [6, 6.07) is 0. The fraction of sp³-hybridized carbons (Fsp3) is 1.00. The Kier molecular flexibility index (Phi) is 15.2. The fourth-order valence-electron chi connectivity index (χ4n) is 2.93. The van der Waals surface area contributed by atoms with E-state index in [0.29, 0.717) is 12.8 Å². The molecule has 0 fully saturated rings. The lowest BCUT2D eigenvalue weighted by molar-refractivity contribution is 0.127. The van der Waals surface area contributed by atoms with Gasteiger partial charge < -0.3 is 9.05 Å². The Labute approximate surface area is 164 Å². The number of hydrogen-bond acceptors (Lipinski definition) is 3. The van der Waals surface area contributed by atoms with Crippen molar-refractivity contribution in [3.63, 3.8) is 0 Å². The van der Waals surface area contributed by atoms with Gasteiger partial charge in [0, 0.05) is 6.16 Å². The third-order valence-corrected chi connectivity index (χ3v) is 6.89. The SMILES string of the molecule is CCCCCCCCCCCC(CC)OP(=O)(CC)OCCC(C)(C)C. The van der Waals surface area contributed by atoms with Crippen molar-refractivity contribution < 1.29 is 13.6 Å². The summed E-state index contributed by atoms with van der Waals surface area (Å²) in [6.45, 7) is 13.3. The molecule has 0 aliphatic rings. The summed E-state index contributed by atoms with van der Waals surface area (Å²) in [5.41, 5.74) is 0.194. The monoisotopic (exact) mass is 390 g/mol. The van der Waals surface area contributed by atoms with Gasteiger partial charge in [-0.25, -0.2) is 0 Å². The molecule has 0 rings (SSSR count). The van der Waals surface area contributed by atoms with Crippen LogP contribution in [0.2, 0.25) is 0 Å². The Morgan fingerprint density at radius 2 is 1.38 bits per heavy atom. The standard InChI is InChI=1S/C22H47O3P/c1-7-10-11-12-13-14-15-16-17-18-21(8-2)25-26(23,9-3)24-20-19-22(4,5)6/h21H,7-20H2,1-6H3. The highest BCUT2D eigenvalue weighted by atomic mass is 31.2. The van der Waals surface area contributed by atoms with Gasteiger partial charge in [-0.05, 0) is 24.7 Å². The molecule has 0 heterocycles. The molecule has 0 aliphatic carbocycles. The van der Waals surface area contributed by atoms with Crippen LogP contribution in [0.25, 0.3) is 0 Å². The second-order valence-electron chi connectivity index (χ2n) is 8.82. The van der Waals surface area contributed by atoms with Crippen LogP contribution in [-0.2, 0) is 13.6 Å². The Hall–Kier alpha value is 0.150. The quantitative estimate of drug-likeness (QED) is 0.185. The van der Waals surface area contributed by atoms with E-state index in [9.17, 15) is 4.57 Å². The molecule has 0 radical (unpaired) electrons. The lowest BCUT2D eigenvalue weighted by Crippen LogP contribution is -2.14. The first-order valence-corrected chi connectivity index (χ1v) is 12.9. The molecule has 2 atom stereocenters. The zero-order valence-electron chi connectivity index (χ0n) is 18.6. The van der Waals surface area contributed by atoms with Crippen LogP contribution in [-0.4, -0.2) is 18.9 Å². The predicted octanol–water partition coefficient (Wildman–Crippen LogP) is 8.37. The molecule has 0 spiro atoms. The van der Waals surface area contributed by atoms with E-state index in [1.807, 2.05) is 6.92 Å².